The molecule has 1 spiro atoms. The van der Waals surface area contributed by atoms with E-state index in [1.807, 2.05) is 11.8 Å². The van der Waals surface area contributed by atoms with Gasteiger partial charge in [-0.25, -0.2) is 23.4 Å². The maximum absolute atomic E-state index is 15.6. The van der Waals surface area contributed by atoms with Crippen LogP contribution in [0.5, 0.6) is 0 Å². The van der Waals surface area contributed by atoms with Crippen molar-refractivity contribution in [2.45, 2.75) is 76.8 Å². The van der Waals surface area contributed by atoms with E-state index in [0.717, 1.165) is 44.7 Å². The van der Waals surface area contributed by atoms with Crippen LogP contribution >= 0.6 is 0 Å². The van der Waals surface area contributed by atoms with Gasteiger partial charge >= 0.3 is 5.97 Å². The van der Waals surface area contributed by atoms with Crippen molar-refractivity contribution in [1.29, 1.82) is 0 Å². The largest absolute Gasteiger partial charge is 0.477 e. The molecular formula is C38H45F2N3O8. The second kappa shape index (κ2) is 13.2. The summed E-state index contributed by atoms with van der Waals surface area (Å²) in [6.45, 7) is 10.3. The molecule has 0 radical (unpaired) electrons. The van der Waals surface area contributed by atoms with Crippen LogP contribution in [0, 0.1) is 35.3 Å². The standard InChI is InChI=1S/C38H45F2N3O8/c1-22-5-10-29-23(2)35(48-36-38(29)28(22)11-12-37(3,49-36)50-51-38)47-18-4-13-41-14-16-42(17-15-41)32-20-31-26(19-30(32)40)33(44)27(34(45)46)21-43(31)25-8-6-24(39)7-9-25/h6-9,19-23,28-29,35-36H,4-5,10-18H2,1-3H3,(H,45,46)/t22-,23-,28+,29+,35+,36-,37-,38-/m1/s1. The molecule has 1 N–H and O–H groups in total. The lowest BCUT2D eigenvalue weighted by atomic mass is 9.58. The monoisotopic (exact) mass is 709 g/mol. The van der Waals surface area contributed by atoms with E-state index in [-0.39, 0.29) is 17.2 Å². The van der Waals surface area contributed by atoms with Crippen molar-refractivity contribution in [3.8, 4) is 5.69 Å². The summed E-state index contributed by atoms with van der Waals surface area (Å²) in [7, 11) is 0. The number of nitrogens with zero attached hydrogens (tertiary/aromatic N) is 3. The lowest BCUT2D eigenvalue weighted by molar-refractivity contribution is -0.577. The van der Waals surface area contributed by atoms with Crippen LogP contribution in [0.3, 0.4) is 0 Å². The first-order valence-corrected chi connectivity index (χ1v) is 18.1. The Bertz CT molecular complexity index is 1870. The van der Waals surface area contributed by atoms with Gasteiger partial charge in [0.2, 0.25) is 11.2 Å². The first-order chi connectivity index (χ1) is 24.5. The molecular weight excluding hydrogens is 664 g/mol. The number of anilines is 1. The molecule has 274 valence electrons. The number of hydrogen-bond donors (Lipinski definition) is 1. The number of carboxylic acid groups (broad SMARTS) is 1. The minimum Gasteiger partial charge on any atom is -0.477 e. The molecule has 0 amide bonds. The Morgan fingerprint density at radius 3 is 2.53 bits per heavy atom. The Morgan fingerprint density at radius 2 is 1.78 bits per heavy atom. The van der Waals surface area contributed by atoms with E-state index < -0.39 is 52.6 Å². The van der Waals surface area contributed by atoms with Gasteiger partial charge in [-0.1, -0.05) is 13.8 Å². The second-order valence-corrected chi connectivity index (χ2v) is 15.2. The average molecular weight is 710 g/mol. The molecule has 2 bridgehead atoms. The highest BCUT2D eigenvalue weighted by molar-refractivity contribution is 5.94. The number of benzene rings is 2. The second-order valence-electron chi connectivity index (χ2n) is 15.2. The van der Waals surface area contributed by atoms with Crippen molar-refractivity contribution >= 4 is 22.6 Å². The third-order valence-electron chi connectivity index (χ3n) is 12.1. The van der Waals surface area contributed by atoms with Crippen LogP contribution in [0.4, 0.5) is 14.5 Å². The number of pyridine rings is 1. The van der Waals surface area contributed by atoms with Crippen LogP contribution in [0.2, 0.25) is 0 Å². The van der Waals surface area contributed by atoms with Gasteiger partial charge in [-0.3, -0.25) is 9.69 Å². The number of ether oxygens (including phenoxy) is 3. The van der Waals surface area contributed by atoms with Gasteiger partial charge < -0.3 is 28.8 Å². The normalized spacial score (nSPS) is 33.6. The molecule has 13 heteroatoms. The molecule has 1 aliphatic carbocycles. The van der Waals surface area contributed by atoms with Crippen molar-refractivity contribution in [2.75, 3.05) is 44.2 Å². The van der Waals surface area contributed by atoms with Crippen molar-refractivity contribution in [3.63, 3.8) is 0 Å². The number of hydrogen-bond acceptors (Lipinski definition) is 9. The number of halogens is 2. The smallest absolute Gasteiger partial charge is 0.341 e. The molecule has 11 nitrogen and oxygen atoms in total. The number of carboxylic acids is 1. The number of aromatic carboxylic acids is 1. The highest BCUT2D eigenvalue weighted by atomic mass is 19.1. The number of carbonyl (C=O) groups is 1. The van der Waals surface area contributed by atoms with E-state index in [9.17, 15) is 19.1 Å². The molecule has 3 aromatic rings. The maximum atomic E-state index is 15.6. The Kier molecular flexibility index (Phi) is 8.95. The maximum Gasteiger partial charge on any atom is 0.341 e. The van der Waals surface area contributed by atoms with Crippen LogP contribution in [0.1, 0.15) is 63.2 Å². The summed E-state index contributed by atoms with van der Waals surface area (Å²) in [5, 5.41) is 9.60. The summed E-state index contributed by atoms with van der Waals surface area (Å²) in [6, 6.07) is 8.15. The Labute approximate surface area is 294 Å². The molecule has 6 fully saturated rings. The summed E-state index contributed by atoms with van der Waals surface area (Å²) < 4.78 is 50.2. The Hall–Kier alpha value is -3.46. The fraction of sp³-hybridized carbons (Fsp3) is 0.579. The summed E-state index contributed by atoms with van der Waals surface area (Å²) in [5.41, 5.74) is -0.775. The molecule has 1 saturated carbocycles. The van der Waals surface area contributed by atoms with Crippen LogP contribution < -0.4 is 10.3 Å². The molecule has 6 aliphatic rings. The number of rotatable bonds is 8. The van der Waals surface area contributed by atoms with E-state index in [0.29, 0.717) is 61.5 Å². The van der Waals surface area contributed by atoms with Crippen molar-refractivity contribution < 1.29 is 42.7 Å². The Morgan fingerprint density at radius 1 is 1.02 bits per heavy atom. The zero-order valence-electron chi connectivity index (χ0n) is 29.2. The number of aromatic nitrogens is 1. The van der Waals surface area contributed by atoms with E-state index in [2.05, 4.69) is 18.7 Å². The zero-order valence-corrected chi connectivity index (χ0v) is 29.2. The van der Waals surface area contributed by atoms with Gasteiger partial charge in [0, 0.05) is 68.3 Å². The summed E-state index contributed by atoms with van der Waals surface area (Å²) in [4.78, 5) is 41.3. The van der Waals surface area contributed by atoms with E-state index in [1.54, 1.807) is 6.07 Å². The fourth-order valence-corrected chi connectivity index (χ4v) is 9.31. The van der Waals surface area contributed by atoms with Gasteiger partial charge in [-0.05, 0) is 80.8 Å². The molecule has 5 saturated heterocycles. The SMILES string of the molecule is C[C@H]1[C@@H](OCCCN2CCN(c3cc4c(cc3F)c(=O)c(C(=O)O)cn4-c3ccc(F)cc3)CC2)O[C@@H]2O[C@@]3(C)CC[C@H]4[C@H](C)CC[C@@H]1[C@@]24OO3. The van der Waals surface area contributed by atoms with Gasteiger partial charge in [-0.2, -0.15) is 0 Å². The van der Waals surface area contributed by atoms with E-state index in [4.69, 9.17) is 24.0 Å². The first-order valence-electron chi connectivity index (χ1n) is 18.1. The van der Waals surface area contributed by atoms with Gasteiger partial charge in [-0.15, -0.1) is 0 Å². The summed E-state index contributed by atoms with van der Waals surface area (Å²) >= 11 is 0. The first kappa shape index (κ1) is 34.6. The topological polar surface area (TPSA) is 112 Å². The van der Waals surface area contributed by atoms with E-state index >= 15 is 4.39 Å². The number of fused-ring (bicyclic) bond motifs is 3. The lowest BCUT2D eigenvalue weighted by Gasteiger charge is -2.60. The minimum absolute atomic E-state index is 0.0587. The minimum atomic E-state index is -1.42. The highest BCUT2D eigenvalue weighted by Crippen LogP contribution is 2.60. The quantitative estimate of drug-likeness (QED) is 0.231. The van der Waals surface area contributed by atoms with Crippen LogP contribution in [0.15, 0.2) is 47.4 Å². The van der Waals surface area contributed by atoms with Crippen LogP contribution in [-0.4, -0.2) is 83.8 Å². The summed E-state index contributed by atoms with van der Waals surface area (Å²) in [6.07, 6.45) is 4.96. The van der Waals surface area contributed by atoms with Gasteiger partial charge in [0.05, 0.1) is 17.8 Å². The molecule has 0 unspecified atom stereocenters. The fourth-order valence-electron chi connectivity index (χ4n) is 9.31. The molecule has 5 aliphatic heterocycles. The van der Waals surface area contributed by atoms with Crippen LogP contribution in [-0.2, 0) is 24.0 Å². The molecule has 51 heavy (non-hydrogen) atoms. The van der Waals surface area contributed by atoms with Gasteiger partial charge in [0.15, 0.2) is 18.2 Å². The summed E-state index contributed by atoms with van der Waals surface area (Å²) in [5.74, 6) is -2.18. The van der Waals surface area contributed by atoms with Crippen molar-refractivity contribution in [2.24, 2.45) is 23.7 Å². The van der Waals surface area contributed by atoms with Gasteiger partial charge in [0.1, 0.15) is 17.2 Å². The van der Waals surface area contributed by atoms with E-state index in [1.165, 1.54) is 35.0 Å². The molecule has 2 aromatic carbocycles. The highest BCUT2D eigenvalue weighted by Gasteiger charge is 2.69. The van der Waals surface area contributed by atoms with Gasteiger partial charge in [0.25, 0.3) is 0 Å². The third kappa shape index (κ3) is 5.95. The zero-order chi connectivity index (χ0) is 35.7. The molecule has 6 heterocycles. The molecule has 8 atom stereocenters. The Balaban J connectivity index is 0.905. The predicted octanol–water partition coefficient (Wildman–Crippen LogP) is 5.70. The lowest BCUT2D eigenvalue weighted by Crippen LogP contribution is -2.70. The predicted molar refractivity (Wildman–Crippen MR) is 182 cm³/mol. The van der Waals surface area contributed by atoms with Crippen molar-refractivity contribution in [1.82, 2.24) is 9.47 Å². The third-order valence-corrected chi connectivity index (χ3v) is 12.1. The van der Waals surface area contributed by atoms with Crippen molar-refractivity contribution in [3.05, 3.63) is 70.0 Å². The molecule has 9 rings (SSSR count). The average Bonchev–Trinajstić information content (AvgIpc) is 3.35. The van der Waals surface area contributed by atoms with Crippen LogP contribution in [0.25, 0.3) is 16.6 Å². The number of piperazine rings is 1. The molecule has 1 aromatic heterocycles.